The number of aliphatic hydroxyl groups is 1. The van der Waals surface area contributed by atoms with Gasteiger partial charge < -0.3 is 34.6 Å². The van der Waals surface area contributed by atoms with Crippen LogP contribution in [0.4, 0.5) is 14.9 Å². The van der Waals surface area contributed by atoms with Gasteiger partial charge in [0.2, 0.25) is 0 Å². The molecule has 3 aromatic carbocycles. The maximum absolute atomic E-state index is 13.4. The van der Waals surface area contributed by atoms with Crippen molar-refractivity contribution in [2.24, 2.45) is 5.92 Å². The van der Waals surface area contributed by atoms with Gasteiger partial charge in [-0.1, -0.05) is 19.9 Å². The molecule has 1 fully saturated rings. The molecule has 42 heavy (non-hydrogen) atoms. The molecule has 0 aliphatic carbocycles. The lowest BCUT2D eigenvalue weighted by Crippen LogP contribution is -2.48. The van der Waals surface area contributed by atoms with Crippen LogP contribution in [0.1, 0.15) is 47.0 Å². The standard InChI is InChI=1S/C32H37FN2O7/c1-21(2)20-32(39)12-14-35(15-13-32)30(38)34-23-16-27(40-24-10-8-22(33)9-11-24)19-28(17-23)41-25-6-5-7-26(18-25)42-31(3,4)29(36)37/h5-11,16-19,21,39H,12-15,20H2,1-4H3,(H,34,38)(H,36,37). The smallest absolute Gasteiger partial charge is 0.347 e. The van der Waals surface area contributed by atoms with Gasteiger partial charge in [0, 0.05) is 43.0 Å². The number of nitrogens with zero attached hydrogens (tertiary/aromatic N) is 1. The largest absolute Gasteiger partial charge is 0.478 e. The summed E-state index contributed by atoms with van der Waals surface area (Å²) in [5, 5.41) is 23.1. The van der Waals surface area contributed by atoms with E-state index in [2.05, 4.69) is 19.2 Å². The lowest BCUT2D eigenvalue weighted by atomic mass is 9.84. The molecule has 3 aromatic rings. The van der Waals surface area contributed by atoms with E-state index in [1.54, 1.807) is 47.4 Å². The number of hydrogen-bond acceptors (Lipinski definition) is 6. The summed E-state index contributed by atoms with van der Waals surface area (Å²) in [5.74, 6) is 0.551. The van der Waals surface area contributed by atoms with E-state index < -0.39 is 23.0 Å². The zero-order valence-corrected chi connectivity index (χ0v) is 24.2. The quantitative estimate of drug-likeness (QED) is 0.235. The van der Waals surface area contributed by atoms with E-state index >= 15 is 0 Å². The first kappa shape index (κ1) is 30.6. The number of aliphatic carboxylic acids is 1. The molecule has 0 atom stereocenters. The number of likely N-dealkylation sites (tertiary alicyclic amines) is 1. The van der Waals surface area contributed by atoms with Crippen molar-refractivity contribution in [1.82, 2.24) is 4.90 Å². The zero-order chi connectivity index (χ0) is 30.5. The van der Waals surface area contributed by atoms with E-state index in [4.69, 9.17) is 14.2 Å². The Bertz CT molecular complexity index is 1400. The van der Waals surface area contributed by atoms with Crippen molar-refractivity contribution in [3.63, 3.8) is 0 Å². The highest BCUT2D eigenvalue weighted by molar-refractivity contribution is 5.90. The third-order valence-corrected chi connectivity index (χ3v) is 6.88. The van der Waals surface area contributed by atoms with Gasteiger partial charge in [-0.05, 0) is 75.4 Å². The van der Waals surface area contributed by atoms with Crippen molar-refractivity contribution in [2.45, 2.75) is 58.2 Å². The number of nitrogens with one attached hydrogen (secondary N) is 1. The van der Waals surface area contributed by atoms with Crippen LogP contribution in [0.15, 0.2) is 66.7 Å². The van der Waals surface area contributed by atoms with Gasteiger partial charge in [0.05, 0.1) is 5.60 Å². The molecule has 0 bridgehead atoms. The number of hydrogen-bond donors (Lipinski definition) is 3. The van der Waals surface area contributed by atoms with E-state index in [-0.39, 0.29) is 6.03 Å². The van der Waals surface area contributed by atoms with Crippen molar-refractivity contribution >= 4 is 17.7 Å². The van der Waals surface area contributed by atoms with Crippen LogP contribution in [0.25, 0.3) is 0 Å². The molecule has 1 aliphatic heterocycles. The topological polar surface area (TPSA) is 118 Å². The Labute approximate surface area is 244 Å². The minimum Gasteiger partial charge on any atom is -0.478 e. The molecule has 1 heterocycles. The summed E-state index contributed by atoms with van der Waals surface area (Å²) in [7, 11) is 0. The van der Waals surface area contributed by atoms with Crippen LogP contribution in [-0.2, 0) is 4.79 Å². The number of amides is 2. The third-order valence-electron chi connectivity index (χ3n) is 6.88. The normalized spacial score (nSPS) is 14.8. The van der Waals surface area contributed by atoms with Crippen LogP contribution in [0.3, 0.4) is 0 Å². The number of halogens is 1. The van der Waals surface area contributed by atoms with Crippen LogP contribution >= 0.6 is 0 Å². The highest BCUT2D eigenvalue weighted by atomic mass is 19.1. The average Bonchev–Trinajstić information content (AvgIpc) is 2.89. The predicted molar refractivity (Wildman–Crippen MR) is 156 cm³/mol. The first-order valence-corrected chi connectivity index (χ1v) is 13.9. The Kier molecular flexibility index (Phi) is 9.26. The van der Waals surface area contributed by atoms with Gasteiger partial charge in [-0.2, -0.15) is 0 Å². The van der Waals surface area contributed by atoms with E-state index in [1.807, 2.05) is 0 Å². The Morgan fingerprint density at radius 1 is 0.929 bits per heavy atom. The van der Waals surface area contributed by atoms with E-state index in [1.165, 1.54) is 38.1 Å². The maximum Gasteiger partial charge on any atom is 0.347 e. The van der Waals surface area contributed by atoms with Crippen LogP contribution in [0, 0.1) is 11.7 Å². The summed E-state index contributed by atoms with van der Waals surface area (Å²) in [6.07, 6.45) is 1.68. The summed E-state index contributed by atoms with van der Waals surface area (Å²) in [5.41, 5.74) is -1.82. The zero-order valence-electron chi connectivity index (χ0n) is 24.2. The molecule has 0 radical (unpaired) electrons. The summed E-state index contributed by atoms with van der Waals surface area (Å²) in [4.78, 5) is 26.3. The highest BCUT2D eigenvalue weighted by Gasteiger charge is 2.34. The molecular weight excluding hydrogens is 543 g/mol. The van der Waals surface area contributed by atoms with Crippen molar-refractivity contribution in [3.05, 3.63) is 72.5 Å². The number of urea groups is 1. The fourth-order valence-electron chi connectivity index (χ4n) is 4.77. The van der Waals surface area contributed by atoms with Crippen molar-refractivity contribution in [1.29, 1.82) is 0 Å². The van der Waals surface area contributed by atoms with E-state index in [0.29, 0.717) is 72.7 Å². The fraction of sp³-hybridized carbons (Fsp3) is 0.375. The monoisotopic (exact) mass is 580 g/mol. The summed E-state index contributed by atoms with van der Waals surface area (Å²) < 4.78 is 31.0. The van der Waals surface area contributed by atoms with Gasteiger partial charge in [0.25, 0.3) is 0 Å². The van der Waals surface area contributed by atoms with Crippen molar-refractivity contribution in [2.75, 3.05) is 18.4 Å². The van der Waals surface area contributed by atoms with Gasteiger partial charge in [0.15, 0.2) is 5.60 Å². The third kappa shape index (κ3) is 8.36. The SMILES string of the molecule is CC(C)CC1(O)CCN(C(=O)Nc2cc(Oc3ccc(F)cc3)cc(Oc3cccc(OC(C)(C)C(=O)O)c3)c2)CC1. The lowest BCUT2D eigenvalue weighted by Gasteiger charge is -2.39. The molecule has 1 saturated heterocycles. The van der Waals surface area contributed by atoms with Gasteiger partial charge in [-0.3, -0.25) is 0 Å². The number of carbonyl (C=O) groups excluding carboxylic acids is 1. The number of piperidine rings is 1. The van der Waals surface area contributed by atoms with Gasteiger partial charge in [-0.25, -0.2) is 14.0 Å². The number of anilines is 1. The van der Waals surface area contributed by atoms with Gasteiger partial charge in [0.1, 0.15) is 34.6 Å². The molecule has 4 rings (SSSR count). The maximum atomic E-state index is 13.4. The van der Waals surface area contributed by atoms with Crippen molar-refractivity contribution in [3.8, 4) is 28.7 Å². The second kappa shape index (κ2) is 12.7. The minimum absolute atomic E-state index is 0.301. The van der Waals surface area contributed by atoms with Crippen LogP contribution in [0.5, 0.6) is 28.7 Å². The Balaban J connectivity index is 1.54. The number of ether oxygens (including phenoxy) is 3. The Hall–Kier alpha value is -4.31. The molecule has 9 nitrogen and oxygen atoms in total. The molecule has 3 N–H and O–H groups in total. The summed E-state index contributed by atoms with van der Waals surface area (Å²) in [6, 6.07) is 16.6. The van der Waals surface area contributed by atoms with Crippen LogP contribution < -0.4 is 19.5 Å². The molecule has 0 saturated carbocycles. The number of carbonyl (C=O) groups is 2. The Morgan fingerprint density at radius 3 is 2.10 bits per heavy atom. The van der Waals surface area contributed by atoms with Crippen LogP contribution in [0.2, 0.25) is 0 Å². The van der Waals surface area contributed by atoms with Crippen LogP contribution in [-0.4, -0.2) is 51.4 Å². The molecule has 2 amide bonds. The highest BCUT2D eigenvalue weighted by Crippen LogP contribution is 2.35. The molecule has 0 spiro atoms. The second-order valence-electron chi connectivity index (χ2n) is 11.5. The fourth-order valence-corrected chi connectivity index (χ4v) is 4.77. The number of carboxylic acid groups (broad SMARTS) is 1. The minimum atomic E-state index is -1.45. The summed E-state index contributed by atoms with van der Waals surface area (Å²) >= 11 is 0. The van der Waals surface area contributed by atoms with Gasteiger partial charge >= 0.3 is 12.0 Å². The predicted octanol–water partition coefficient (Wildman–Crippen LogP) is 7.06. The number of rotatable bonds is 10. The molecular formula is C32H37FN2O7. The average molecular weight is 581 g/mol. The first-order chi connectivity index (χ1) is 19.8. The molecule has 0 unspecified atom stereocenters. The molecule has 0 aromatic heterocycles. The molecule has 224 valence electrons. The number of benzene rings is 3. The lowest BCUT2D eigenvalue weighted by molar-refractivity contribution is -0.152. The molecule has 10 heteroatoms. The summed E-state index contributed by atoms with van der Waals surface area (Å²) in [6.45, 7) is 7.87. The Morgan fingerprint density at radius 2 is 1.50 bits per heavy atom. The first-order valence-electron chi connectivity index (χ1n) is 13.9. The van der Waals surface area contributed by atoms with Crippen molar-refractivity contribution < 1.29 is 38.4 Å². The molecule has 1 aliphatic rings. The van der Waals surface area contributed by atoms with E-state index in [9.17, 15) is 24.2 Å². The second-order valence-corrected chi connectivity index (χ2v) is 11.5. The van der Waals surface area contributed by atoms with E-state index in [0.717, 1.165) is 0 Å². The number of carboxylic acids is 1. The van der Waals surface area contributed by atoms with Gasteiger partial charge in [-0.15, -0.1) is 0 Å².